The van der Waals surface area contributed by atoms with E-state index < -0.39 is 5.60 Å². The zero-order valence-corrected chi connectivity index (χ0v) is 20.0. The fourth-order valence-corrected chi connectivity index (χ4v) is 4.91. The zero-order valence-electron chi connectivity index (χ0n) is 19.2. The molecule has 3 rings (SSSR count). The Kier molecular flexibility index (Phi) is 8.35. The first-order valence-electron chi connectivity index (χ1n) is 11.5. The van der Waals surface area contributed by atoms with Gasteiger partial charge in [0.15, 0.2) is 0 Å². The number of carbonyl (C=O) groups is 1. The monoisotopic (exact) mass is 433 g/mol. The van der Waals surface area contributed by atoms with Crippen molar-refractivity contribution in [2.45, 2.75) is 57.5 Å². The minimum absolute atomic E-state index is 0.154. The predicted molar refractivity (Wildman–Crippen MR) is 127 cm³/mol. The van der Waals surface area contributed by atoms with E-state index in [1.54, 1.807) is 0 Å². The van der Waals surface area contributed by atoms with Crippen molar-refractivity contribution in [1.82, 2.24) is 9.80 Å². The van der Waals surface area contributed by atoms with Crippen LogP contribution in [0.3, 0.4) is 0 Å². The summed E-state index contributed by atoms with van der Waals surface area (Å²) < 4.78 is 5.51. The van der Waals surface area contributed by atoms with Gasteiger partial charge in [-0.15, -0.1) is 11.8 Å². The lowest BCUT2D eigenvalue weighted by Gasteiger charge is -2.38. The van der Waals surface area contributed by atoms with Crippen molar-refractivity contribution >= 4 is 23.5 Å². The highest BCUT2D eigenvalue weighted by molar-refractivity contribution is 7.99. The number of nitrogens with zero attached hydrogens (tertiary/aromatic N) is 3. The normalized spacial score (nSPS) is 19.2. The number of hydrogen-bond acceptors (Lipinski definition) is 5. The average molecular weight is 434 g/mol. The summed E-state index contributed by atoms with van der Waals surface area (Å²) in [6.45, 7) is 15.3. The molecule has 0 saturated carbocycles. The number of benzene rings is 1. The van der Waals surface area contributed by atoms with Crippen LogP contribution in [0.4, 0.5) is 10.5 Å². The minimum atomic E-state index is -0.410. The number of thioether (sulfide) groups is 1. The highest BCUT2D eigenvalue weighted by atomic mass is 32.2. The lowest BCUT2D eigenvalue weighted by Crippen LogP contribution is -2.47. The first-order chi connectivity index (χ1) is 14.3. The first-order valence-corrected chi connectivity index (χ1v) is 12.5. The van der Waals surface area contributed by atoms with Crippen molar-refractivity contribution in [3.8, 4) is 0 Å². The van der Waals surface area contributed by atoms with Gasteiger partial charge in [-0.2, -0.15) is 0 Å². The first kappa shape index (κ1) is 23.3. The van der Waals surface area contributed by atoms with Crippen LogP contribution in [-0.2, 0) is 4.74 Å². The summed E-state index contributed by atoms with van der Waals surface area (Å²) in [5.74, 6) is 1.85. The second-order valence-electron chi connectivity index (χ2n) is 9.46. The molecule has 6 heteroatoms. The van der Waals surface area contributed by atoms with Gasteiger partial charge in [0.2, 0.25) is 0 Å². The SMILES string of the molecule is CCSc1ccc(N2CCN(CCC3CCN(C(=O)OC(C)(C)C)CC3)CC2)cc1. The van der Waals surface area contributed by atoms with E-state index in [-0.39, 0.29) is 6.09 Å². The van der Waals surface area contributed by atoms with E-state index in [1.807, 2.05) is 37.4 Å². The van der Waals surface area contributed by atoms with Gasteiger partial charge in [0.25, 0.3) is 0 Å². The van der Waals surface area contributed by atoms with E-state index in [1.165, 1.54) is 23.5 Å². The van der Waals surface area contributed by atoms with Crippen LogP contribution in [0.1, 0.15) is 47.0 Å². The Bertz CT molecular complexity index is 658. The van der Waals surface area contributed by atoms with Crippen molar-refractivity contribution in [2.75, 3.05) is 56.5 Å². The molecule has 30 heavy (non-hydrogen) atoms. The number of anilines is 1. The summed E-state index contributed by atoms with van der Waals surface area (Å²) in [7, 11) is 0. The number of carbonyl (C=O) groups excluding carboxylic acids is 1. The van der Waals surface area contributed by atoms with Gasteiger partial charge in [-0.3, -0.25) is 4.90 Å². The van der Waals surface area contributed by atoms with E-state index in [2.05, 4.69) is 41.0 Å². The van der Waals surface area contributed by atoms with E-state index in [0.717, 1.165) is 63.8 Å². The van der Waals surface area contributed by atoms with Gasteiger partial charge in [0.1, 0.15) is 5.60 Å². The molecular weight excluding hydrogens is 394 g/mol. The number of piperidine rings is 1. The van der Waals surface area contributed by atoms with Crippen LogP contribution < -0.4 is 4.90 Å². The molecule has 0 bridgehead atoms. The quantitative estimate of drug-likeness (QED) is 0.593. The summed E-state index contributed by atoms with van der Waals surface area (Å²) in [6.07, 6.45) is 3.28. The van der Waals surface area contributed by atoms with Crippen molar-refractivity contribution < 1.29 is 9.53 Å². The van der Waals surface area contributed by atoms with Crippen molar-refractivity contribution in [3.05, 3.63) is 24.3 Å². The molecule has 2 heterocycles. The topological polar surface area (TPSA) is 36.0 Å². The number of likely N-dealkylation sites (tertiary alicyclic amines) is 1. The molecule has 2 aliphatic heterocycles. The molecule has 2 fully saturated rings. The van der Waals surface area contributed by atoms with Crippen LogP contribution in [0.15, 0.2) is 29.2 Å². The largest absolute Gasteiger partial charge is 0.444 e. The highest BCUT2D eigenvalue weighted by Crippen LogP contribution is 2.25. The molecule has 0 unspecified atom stereocenters. The maximum atomic E-state index is 12.2. The van der Waals surface area contributed by atoms with Gasteiger partial charge >= 0.3 is 6.09 Å². The molecule has 0 radical (unpaired) electrons. The molecule has 1 aromatic rings. The Labute approximate surface area is 187 Å². The molecule has 1 aromatic carbocycles. The molecule has 0 spiro atoms. The predicted octanol–water partition coefficient (Wildman–Crippen LogP) is 4.96. The molecule has 0 aliphatic carbocycles. The van der Waals surface area contributed by atoms with Crippen LogP contribution in [-0.4, -0.2) is 73.1 Å². The van der Waals surface area contributed by atoms with E-state index in [4.69, 9.17) is 4.74 Å². The minimum Gasteiger partial charge on any atom is -0.444 e. The van der Waals surface area contributed by atoms with Gasteiger partial charge < -0.3 is 14.5 Å². The Morgan fingerprint density at radius 2 is 1.67 bits per heavy atom. The number of rotatable bonds is 6. The van der Waals surface area contributed by atoms with Crippen molar-refractivity contribution in [3.63, 3.8) is 0 Å². The lowest BCUT2D eigenvalue weighted by atomic mass is 9.93. The second kappa shape index (κ2) is 10.8. The van der Waals surface area contributed by atoms with Crippen LogP contribution in [0.5, 0.6) is 0 Å². The van der Waals surface area contributed by atoms with E-state index in [0.29, 0.717) is 0 Å². The van der Waals surface area contributed by atoms with E-state index in [9.17, 15) is 4.79 Å². The van der Waals surface area contributed by atoms with E-state index >= 15 is 0 Å². The van der Waals surface area contributed by atoms with Gasteiger partial charge in [0.05, 0.1) is 0 Å². The second-order valence-corrected chi connectivity index (χ2v) is 10.8. The Morgan fingerprint density at radius 1 is 1.03 bits per heavy atom. The Hall–Kier alpha value is -1.40. The van der Waals surface area contributed by atoms with Crippen LogP contribution in [0, 0.1) is 5.92 Å². The number of ether oxygens (including phenoxy) is 1. The molecule has 0 N–H and O–H groups in total. The lowest BCUT2D eigenvalue weighted by molar-refractivity contribution is 0.0177. The maximum absolute atomic E-state index is 12.2. The average Bonchev–Trinajstić information content (AvgIpc) is 2.73. The maximum Gasteiger partial charge on any atom is 0.410 e. The number of hydrogen-bond donors (Lipinski definition) is 0. The van der Waals surface area contributed by atoms with Crippen molar-refractivity contribution in [2.24, 2.45) is 5.92 Å². The van der Waals surface area contributed by atoms with Crippen LogP contribution in [0.25, 0.3) is 0 Å². The van der Waals surface area contributed by atoms with Crippen molar-refractivity contribution in [1.29, 1.82) is 0 Å². The summed E-state index contributed by atoms with van der Waals surface area (Å²) in [5.41, 5.74) is 0.941. The summed E-state index contributed by atoms with van der Waals surface area (Å²) in [4.78, 5) is 20.6. The van der Waals surface area contributed by atoms with Crippen LogP contribution in [0.2, 0.25) is 0 Å². The molecule has 2 saturated heterocycles. The van der Waals surface area contributed by atoms with Gasteiger partial charge in [-0.05, 0) is 82.5 Å². The molecular formula is C24H39N3O2S. The number of amides is 1. The van der Waals surface area contributed by atoms with Gasteiger partial charge in [0, 0.05) is 49.9 Å². The number of piperazine rings is 1. The zero-order chi connectivity index (χ0) is 21.6. The molecule has 0 atom stereocenters. The van der Waals surface area contributed by atoms with Crippen LogP contribution >= 0.6 is 11.8 Å². The molecule has 168 valence electrons. The summed E-state index contributed by atoms with van der Waals surface area (Å²) >= 11 is 1.90. The summed E-state index contributed by atoms with van der Waals surface area (Å²) in [6, 6.07) is 9.04. The fraction of sp³-hybridized carbons (Fsp3) is 0.708. The standard InChI is InChI=1S/C24H39N3O2S/c1-5-30-22-8-6-21(7-9-22)26-18-16-25(17-19-26)13-10-20-11-14-27(15-12-20)23(28)29-24(2,3)4/h6-9,20H,5,10-19H2,1-4H3. The van der Waals surface area contributed by atoms with Gasteiger partial charge in [-0.1, -0.05) is 6.92 Å². The third kappa shape index (κ3) is 7.09. The smallest absolute Gasteiger partial charge is 0.410 e. The molecule has 1 amide bonds. The van der Waals surface area contributed by atoms with Gasteiger partial charge in [-0.25, -0.2) is 4.79 Å². The third-order valence-electron chi connectivity index (χ3n) is 6.00. The molecule has 5 nitrogen and oxygen atoms in total. The highest BCUT2D eigenvalue weighted by Gasteiger charge is 2.27. The fourth-order valence-electron chi connectivity index (χ4n) is 4.25. The Balaban J connectivity index is 1.34. The summed E-state index contributed by atoms with van der Waals surface area (Å²) in [5, 5.41) is 0. The third-order valence-corrected chi connectivity index (χ3v) is 6.90. The Morgan fingerprint density at radius 3 is 2.23 bits per heavy atom. The molecule has 0 aromatic heterocycles. The molecule has 2 aliphatic rings.